The maximum Gasteiger partial charge on any atom is 0.293 e. The van der Waals surface area contributed by atoms with Crippen molar-refractivity contribution >= 4 is 5.91 Å². The summed E-state index contributed by atoms with van der Waals surface area (Å²) in [6.45, 7) is 2.03. The molecule has 25 heavy (non-hydrogen) atoms. The first-order chi connectivity index (χ1) is 12.1. The van der Waals surface area contributed by atoms with Crippen molar-refractivity contribution < 1.29 is 9.53 Å². The standard InChI is InChI=1S/C18H22N4O3/c1-3-12-6-9-19-13(10-12)15(23)22-18(7-4-5-8-18)17-20-11-14(25-2)16(24)21-17/h6,9-11H,3-5,7-8H2,1-2H3,(H,22,23)(H,20,21,24). The molecular weight excluding hydrogens is 320 g/mol. The van der Waals surface area contributed by atoms with E-state index in [2.05, 4.69) is 20.3 Å². The van der Waals surface area contributed by atoms with E-state index in [1.807, 2.05) is 13.0 Å². The molecule has 1 aliphatic carbocycles. The van der Waals surface area contributed by atoms with E-state index in [4.69, 9.17) is 4.74 Å². The Labute approximate surface area is 145 Å². The van der Waals surface area contributed by atoms with E-state index in [-0.39, 0.29) is 17.2 Å². The van der Waals surface area contributed by atoms with Crippen LogP contribution in [0.2, 0.25) is 0 Å². The summed E-state index contributed by atoms with van der Waals surface area (Å²) >= 11 is 0. The number of carbonyl (C=O) groups is 1. The molecule has 7 heteroatoms. The molecule has 2 aromatic rings. The number of pyridine rings is 1. The second-order valence-electron chi connectivity index (χ2n) is 6.28. The Kier molecular flexibility index (Phi) is 4.83. The summed E-state index contributed by atoms with van der Waals surface area (Å²) in [6, 6.07) is 3.69. The molecule has 0 unspecified atom stereocenters. The Morgan fingerprint density at radius 2 is 2.12 bits per heavy atom. The van der Waals surface area contributed by atoms with Gasteiger partial charge in [-0.15, -0.1) is 0 Å². The number of nitrogens with one attached hydrogen (secondary N) is 2. The number of hydrogen-bond acceptors (Lipinski definition) is 5. The highest BCUT2D eigenvalue weighted by atomic mass is 16.5. The summed E-state index contributed by atoms with van der Waals surface area (Å²) in [5, 5.41) is 3.07. The van der Waals surface area contributed by atoms with E-state index < -0.39 is 5.54 Å². The van der Waals surface area contributed by atoms with Crippen LogP contribution in [0.15, 0.2) is 29.3 Å². The van der Waals surface area contributed by atoms with Crippen molar-refractivity contribution in [3.05, 3.63) is 52.0 Å². The van der Waals surface area contributed by atoms with Gasteiger partial charge in [-0.3, -0.25) is 14.6 Å². The summed E-state index contributed by atoms with van der Waals surface area (Å²) in [6.07, 6.45) is 7.24. The molecule has 3 rings (SSSR count). The highest BCUT2D eigenvalue weighted by Gasteiger charge is 2.40. The summed E-state index contributed by atoms with van der Waals surface area (Å²) in [5.41, 5.74) is 0.407. The fourth-order valence-corrected chi connectivity index (χ4v) is 3.27. The summed E-state index contributed by atoms with van der Waals surface area (Å²) in [7, 11) is 1.42. The SMILES string of the molecule is CCc1ccnc(C(=O)NC2(c3ncc(OC)c(=O)[nH]3)CCCC2)c1. The largest absolute Gasteiger partial charge is 0.490 e. The number of ether oxygens (including phenoxy) is 1. The number of amides is 1. The van der Waals surface area contributed by atoms with Crippen molar-refractivity contribution in [3.8, 4) is 5.75 Å². The van der Waals surface area contributed by atoms with Crippen molar-refractivity contribution in [1.82, 2.24) is 20.3 Å². The lowest BCUT2D eigenvalue weighted by molar-refractivity contribution is 0.0887. The zero-order valence-electron chi connectivity index (χ0n) is 14.5. The first-order valence-electron chi connectivity index (χ1n) is 8.49. The number of aromatic amines is 1. The molecule has 1 aliphatic rings. The molecule has 2 aromatic heterocycles. The van der Waals surface area contributed by atoms with Crippen LogP contribution < -0.4 is 15.6 Å². The molecule has 132 valence electrons. The number of rotatable bonds is 5. The lowest BCUT2D eigenvalue weighted by Crippen LogP contribution is -2.46. The molecule has 2 N–H and O–H groups in total. The molecule has 0 aliphatic heterocycles. The lowest BCUT2D eigenvalue weighted by atomic mass is 9.95. The number of aromatic nitrogens is 3. The van der Waals surface area contributed by atoms with Gasteiger partial charge < -0.3 is 15.0 Å². The molecule has 1 fully saturated rings. The smallest absolute Gasteiger partial charge is 0.293 e. The Bertz CT molecular complexity index is 825. The average molecular weight is 342 g/mol. The normalized spacial score (nSPS) is 15.8. The number of aryl methyl sites for hydroxylation is 1. The van der Waals surface area contributed by atoms with Crippen molar-refractivity contribution in [2.45, 2.75) is 44.6 Å². The van der Waals surface area contributed by atoms with Crippen molar-refractivity contribution in [2.75, 3.05) is 7.11 Å². The molecule has 1 amide bonds. The molecule has 0 spiro atoms. The first-order valence-corrected chi connectivity index (χ1v) is 8.49. The summed E-state index contributed by atoms with van der Waals surface area (Å²) < 4.78 is 4.97. The van der Waals surface area contributed by atoms with Gasteiger partial charge in [-0.25, -0.2) is 4.98 Å². The Morgan fingerprint density at radius 3 is 2.76 bits per heavy atom. The van der Waals surface area contributed by atoms with Gasteiger partial charge in [0.05, 0.1) is 18.8 Å². The van der Waals surface area contributed by atoms with Crippen LogP contribution >= 0.6 is 0 Å². The van der Waals surface area contributed by atoms with Crippen LogP contribution in [0.1, 0.15) is 54.5 Å². The molecular formula is C18H22N4O3. The minimum atomic E-state index is -0.674. The number of hydrogen-bond donors (Lipinski definition) is 2. The lowest BCUT2D eigenvalue weighted by Gasteiger charge is -2.29. The van der Waals surface area contributed by atoms with Gasteiger partial charge in [0.2, 0.25) is 5.75 Å². The molecule has 0 saturated heterocycles. The van der Waals surface area contributed by atoms with Crippen molar-refractivity contribution in [3.63, 3.8) is 0 Å². The predicted molar refractivity (Wildman–Crippen MR) is 92.6 cm³/mol. The van der Waals surface area contributed by atoms with Gasteiger partial charge >= 0.3 is 0 Å². The minimum absolute atomic E-state index is 0.153. The van der Waals surface area contributed by atoms with E-state index >= 15 is 0 Å². The third-order valence-corrected chi connectivity index (χ3v) is 4.71. The predicted octanol–water partition coefficient (Wildman–Crippen LogP) is 1.94. The maximum absolute atomic E-state index is 12.7. The van der Waals surface area contributed by atoms with E-state index in [1.54, 1.807) is 12.3 Å². The van der Waals surface area contributed by atoms with E-state index in [9.17, 15) is 9.59 Å². The van der Waals surface area contributed by atoms with Gasteiger partial charge in [0.1, 0.15) is 11.5 Å². The zero-order valence-corrected chi connectivity index (χ0v) is 14.5. The van der Waals surface area contributed by atoms with Crippen LogP contribution in [0, 0.1) is 0 Å². The molecule has 0 atom stereocenters. The van der Waals surface area contributed by atoms with Crippen LogP contribution in [-0.4, -0.2) is 28.0 Å². The van der Waals surface area contributed by atoms with Crippen LogP contribution in [0.5, 0.6) is 5.75 Å². The highest BCUT2D eigenvalue weighted by Crippen LogP contribution is 2.37. The third kappa shape index (κ3) is 3.40. The van der Waals surface area contributed by atoms with Crippen LogP contribution in [-0.2, 0) is 12.0 Å². The van der Waals surface area contributed by atoms with Gasteiger partial charge in [0.25, 0.3) is 11.5 Å². The number of H-pyrrole nitrogens is 1. The van der Waals surface area contributed by atoms with E-state index in [1.165, 1.54) is 13.3 Å². The molecule has 2 heterocycles. The Morgan fingerprint density at radius 1 is 1.36 bits per heavy atom. The van der Waals surface area contributed by atoms with Gasteiger partial charge in [0, 0.05) is 6.20 Å². The second-order valence-corrected chi connectivity index (χ2v) is 6.28. The van der Waals surface area contributed by atoms with Gasteiger partial charge in [0.15, 0.2) is 0 Å². The fraction of sp³-hybridized carbons (Fsp3) is 0.444. The summed E-state index contributed by atoms with van der Waals surface area (Å²) in [4.78, 5) is 36.1. The highest BCUT2D eigenvalue weighted by molar-refractivity contribution is 5.93. The zero-order chi connectivity index (χ0) is 17.9. The minimum Gasteiger partial charge on any atom is -0.490 e. The molecule has 0 aromatic carbocycles. The Hall–Kier alpha value is -2.70. The second kappa shape index (κ2) is 7.04. The third-order valence-electron chi connectivity index (χ3n) is 4.71. The first kappa shape index (κ1) is 17.1. The Balaban J connectivity index is 1.91. The number of methoxy groups -OCH3 is 1. The van der Waals surface area contributed by atoms with Crippen molar-refractivity contribution in [1.29, 1.82) is 0 Å². The van der Waals surface area contributed by atoms with E-state index in [0.29, 0.717) is 11.5 Å². The molecule has 0 bridgehead atoms. The fourth-order valence-electron chi connectivity index (χ4n) is 3.27. The van der Waals surface area contributed by atoms with Crippen LogP contribution in [0.4, 0.5) is 0 Å². The topological polar surface area (TPSA) is 97.0 Å². The summed E-state index contributed by atoms with van der Waals surface area (Å²) in [5.74, 6) is 0.368. The maximum atomic E-state index is 12.7. The van der Waals surface area contributed by atoms with Gasteiger partial charge in [-0.2, -0.15) is 0 Å². The molecule has 1 saturated carbocycles. The van der Waals surface area contributed by atoms with Gasteiger partial charge in [-0.05, 0) is 37.0 Å². The van der Waals surface area contributed by atoms with Crippen LogP contribution in [0.25, 0.3) is 0 Å². The monoisotopic (exact) mass is 342 g/mol. The molecule has 0 radical (unpaired) electrons. The quantitative estimate of drug-likeness (QED) is 0.865. The average Bonchev–Trinajstić information content (AvgIpc) is 3.11. The van der Waals surface area contributed by atoms with E-state index in [0.717, 1.165) is 37.7 Å². The number of carbonyl (C=O) groups excluding carboxylic acids is 1. The van der Waals surface area contributed by atoms with Crippen LogP contribution in [0.3, 0.4) is 0 Å². The van der Waals surface area contributed by atoms with Gasteiger partial charge in [-0.1, -0.05) is 19.8 Å². The number of nitrogens with zero attached hydrogens (tertiary/aromatic N) is 2. The molecule has 7 nitrogen and oxygen atoms in total. The van der Waals surface area contributed by atoms with Crippen molar-refractivity contribution in [2.24, 2.45) is 0 Å².